The number of carbonyl (C=O) groups is 1. The summed E-state index contributed by atoms with van der Waals surface area (Å²) in [5.74, 6) is 0.816. The van der Waals surface area contributed by atoms with Crippen LogP contribution in [-0.2, 0) is 6.54 Å². The summed E-state index contributed by atoms with van der Waals surface area (Å²) in [4.78, 5) is 11.4. The molecule has 0 fully saturated rings. The van der Waals surface area contributed by atoms with Crippen molar-refractivity contribution >= 4 is 16.7 Å². The Balaban J connectivity index is 2.43. The fourth-order valence-corrected chi connectivity index (χ4v) is 1.98. The van der Waals surface area contributed by atoms with Gasteiger partial charge in [0.2, 0.25) is 0 Å². The number of carbonyl (C=O) groups excluding carboxylic acids is 1. The second kappa shape index (κ2) is 2.82. The minimum absolute atomic E-state index is 0.00204. The van der Waals surface area contributed by atoms with E-state index in [9.17, 15) is 4.79 Å². The molecule has 76 valence electrons. The fourth-order valence-electron chi connectivity index (χ4n) is 1.98. The third-order valence-electron chi connectivity index (χ3n) is 2.63. The Hall–Kier alpha value is -1.84. The largest absolute Gasteiger partial charge is 0.489 e. The average molecular weight is 202 g/mol. The molecule has 0 radical (unpaired) electrons. The summed E-state index contributed by atoms with van der Waals surface area (Å²) in [6, 6.07) is 5.71. The maximum atomic E-state index is 11.4. The zero-order chi connectivity index (χ0) is 10.4. The maximum absolute atomic E-state index is 11.4. The van der Waals surface area contributed by atoms with Gasteiger partial charge in [-0.2, -0.15) is 5.10 Å². The van der Waals surface area contributed by atoms with Crippen LogP contribution in [0, 0.1) is 0 Å². The molecule has 1 aliphatic rings. The SMILES string of the molecule is CC(=O)c1nn2c3c(cccc13)OCC2. The highest BCUT2D eigenvalue weighted by molar-refractivity contribution is 6.06. The van der Waals surface area contributed by atoms with Crippen LogP contribution in [0.5, 0.6) is 5.75 Å². The summed E-state index contributed by atoms with van der Waals surface area (Å²) < 4.78 is 7.37. The molecule has 2 heterocycles. The zero-order valence-corrected chi connectivity index (χ0v) is 8.36. The maximum Gasteiger partial charge on any atom is 0.180 e. The van der Waals surface area contributed by atoms with E-state index < -0.39 is 0 Å². The van der Waals surface area contributed by atoms with Crippen LogP contribution < -0.4 is 4.74 Å². The Bertz CT molecular complexity index is 557. The molecule has 0 unspecified atom stereocenters. The number of benzene rings is 1. The smallest absolute Gasteiger partial charge is 0.180 e. The number of ether oxygens (including phenoxy) is 1. The summed E-state index contributed by atoms with van der Waals surface area (Å²) in [6.07, 6.45) is 0. The van der Waals surface area contributed by atoms with Gasteiger partial charge in [-0.3, -0.25) is 9.48 Å². The average Bonchev–Trinajstić information content (AvgIpc) is 2.61. The molecule has 0 atom stereocenters. The molecule has 4 heteroatoms. The van der Waals surface area contributed by atoms with Crippen LogP contribution in [0.4, 0.5) is 0 Å². The quantitative estimate of drug-likeness (QED) is 0.660. The molecular formula is C11H10N2O2. The lowest BCUT2D eigenvalue weighted by Gasteiger charge is -2.14. The predicted octanol–water partition coefficient (Wildman–Crippen LogP) is 1.63. The highest BCUT2D eigenvalue weighted by atomic mass is 16.5. The minimum atomic E-state index is -0.00204. The van der Waals surface area contributed by atoms with Crippen molar-refractivity contribution in [1.82, 2.24) is 9.78 Å². The van der Waals surface area contributed by atoms with E-state index in [1.54, 1.807) is 0 Å². The third kappa shape index (κ3) is 1.08. The van der Waals surface area contributed by atoms with E-state index in [2.05, 4.69) is 5.10 Å². The molecule has 0 spiro atoms. The van der Waals surface area contributed by atoms with Crippen molar-refractivity contribution in [3.8, 4) is 5.75 Å². The van der Waals surface area contributed by atoms with E-state index in [0.717, 1.165) is 16.7 Å². The van der Waals surface area contributed by atoms with Gasteiger partial charge in [-0.1, -0.05) is 12.1 Å². The first-order valence-electron chi connectivity index (χ1n) is 4.90. The number of hydrogen-bond acceptors (Lipinski definition) is 3. The topological polar surface area (TPSA) is 44.1 Å². The molecular weight excluding hydrogens is 192 g/mol. The van der Waals surface area contributed by atoms with Crippen LogP contribution in [0.2, 0.25) is 0 Å². The van der Waals surface area contributed by atoms with E-state index in [1.165, 1.54) is 6.92 Å². The Morgan fingerprint density at radius 2 is 2.40 bits per heavy atom. The summed E-state index contributed by atoms with van der Waals surface area (Å²) in [5.41, 5.74) is 1.48. The van der Waals surface area contributed by atoms with Gasteiger partial charge in [0.25, 0.3) is 0 Å². The summed E-state index contributed by atoms with van der Waals surface area (Å²) in [5, 5.41) is 5.20. The summed E-state index contributed by atoms with van der Waals surface area (Å²) >= 11 is 0. The van der Waals surface area contributed by atoms with Gasteiger partial charge in [0.15, 0.2) is 5.78 Å². The van der Waals surface area contributed by atoms with Gasteiger partial charge in [-0.15, -0.1) is 0 Å². The van der Waals surface area contributed by atoms with E-state index in [4.69, 9.17) is 4.74 Å². The molecule has 0 amide bonds. The van der Waals surface area contributed by atoms with Crippen molar-refractivity contribution in [3.05, 3.63) is 23.9 Å². The van der Waals surface area contributed by atoms with Crippen LogP contribution >= 0.6 is 0 Å². The normalized spacial score (nSPS) is 13.9. The number of rotatable bonds is 1. The third-order valence-corrected chi connectivity index (χ3v) is 2.63. The lowest BCUT2D eigenvalue weighted by molar-refractivity contribution is 0.101. The van der Waals surface area contributed by atoms with Gasteiger partial charge >= 0.3 is 0 Å². The lowest BCUT2D eigenvalue weighted by atomic mass is 10.1. The lowest BCUT2D eigenvalue weighted by Crippen LogP contribution is -2.15. The second-order valence-corrected chi connectivity index (χ2v) is 3.63. The molecule has 0 saturated heterocycles. The molecule has 0 bridgehead atoms. The first-order chi connectivity index (χ1) is 7.27. The number of aromatic nitrogens is 2. The second-order valence-electron chi connectivity index (χ2n) is 3.63. The van der Waals surface area contributed by atoms with Crippen molar-refractivity contribution in [2.24, 2.45) is 0 Å². The van der Waals surface area contributed by atoms with E-state index in [1.807, 2.05) is 22.9 Å². The Morgan fingerprint density at radius 3 is 3.20 bits per heavy atom. The highest BCUT2D eigenvalue weighted by Gasteiger charge is 2.19. The van der Waals surface area contributed by atoms with Crippen LogP contribution in [0.15, 0.2) is 18.2 Å². The highest BCUT2D eigenvalue weighted by Crippen LogP contribution is 2.30. The molecule has 0 saturated carbocycles. The van der Waals surface area contributed by atoms with Gasteiger partial charge in [-0.05, 0) is 6.07 Å². The summed E-state index contributed by atoms with van der Waals surface area (Å²) in [6.45, 7) is 2.86. The molecule has 1 aromatic heterocycles. The first-order valence-corrected chi connectivity index (χ1v) is 4.90. The van der Waals surface area contributed by atoms with Gasteiger partial charge < -0.3 is 4.74 Å². The van der Waals surface area contributed by atoms with Crippen molar-refractivity contribution < 1.29 is 9.53 Å². The van der Waals surface area contributed by atoms with Crippen LogP contribution in [0.1, 0.15) is 17.4 Å². The van der Waals surface area contributed by atoms with Crippen LogP contribution in [0.25, 0.3) is 10.9 Å². The molecule has 15 heavy (non-hydrogen) atoms. The molecule has 1 aromatic carbocycles. The number of ketones is 1. The summed E-state index contributed by atoms with van der Waals surface area (Å²) in [7, 11) is 0. The monoisotopic (exact) mass is 202 g/mol. The molecule has 4 nitrogen and oxygen atoms in total. The number of nitrogens with zero attached hydrogens (tertiary/aromatic N) is 2. The molecule has 0 aliphatic carbocycles. The first kappa shape index (κ1) is 8.47. The van der Waals surface area contributed by atoms with Gasteiger partial charge in [0, 0.05) is 12.3 Å². The molecule has 3 rings (SSSR count). The zero-order valence-electron chi connectivity index (χ0n) is 8.36. The predicted molar refractivity (Wildman–Crippen MR) is 55.2 cm³/mol. The number of hydrogen-bond donors (Lipinski definition) is 0. The molecule has 2 aromatic rings. The van der Waals surface area contributed by atoms with E-state index in [0.29, 0.717) is 18.8 Å². The Labute approximate surface area is 86.4 Å². The Morgan fingerprint density at radius 1 is 1.53 bits per heavy atom. The van der Waals surface area contributed by atoms with Gasteiger partial charge in [-0.25, -0.2) is 0 Å². The van der Waals surface area contributed by atoms with Crippen LogP contribution in [0.3, 0.4) is 0 Å². The van der Waals surface area contributed by atoms with Crippen molar-refractivity contribution in [3.63, 3.8) is 0 Å². The Kier molecular flexibility index (Phi) is 1.59. The fraction of sp³-hybridized carbons (Fsp3) is 0.273. The molecule has 1 aliphatic heterocycles. The van der Waals surface area contributed by atoms with Crippen molar-refractivity contribution in [2.45, 2.75) is 13.5 Å². The van der Waals surface area contributed by atoms with E-state index >= 15 is 0 Å². The standard InChI is InChI=1S/C11H10N2O2/c1-7(14)10-8-3-2-4-9-11(8)13(12-10)5-6-15-9/h2-4H,5-6H2,1H3. The number of para-hydroxylation sites is 1. The minimum Gasteiger partial charge on any atom is -0.489 e. The van der Waals surface area contributed by atoms with Gasteiger partial charge in [0.05, 0.1) is 6.54 Å². The van der Waals surface area contributed by atoms with Crippen molar-refractivity contribution in [2.75, 3.05) is 6.61 Å². The van der Waals surface area contributed by atoms with Crippen LogP contribution in [-0.4, -0.2) is 22.2 Å². The molecule has 0 N–H and O–H groups in total. The number of Topliss-reactive ketones (excluding diaryl/α,β-unsaturated/α-hetero) is 1. The van der Waals surface area contributed by atoms with Crippen molar-refractivity contribution in [1.29, 1.82) is 0 Å². The van der Waals surface area contributed by atoms with Gasteiger partial charge in [0.1, 0.15) is 23.6 Å². The van der Waals surface area contributed by atoms with E-state index in [-0.39, 0.29) is 5.78 Å².